The Kier molecular flexibility index (Phi) is 3.59. The third-order valence-corrected chi connectivity index (χ3v) is 4.70. The van der Waals surface area contributed by atoms with Gasteiger partial charge in [-0.1, -0.05) is 0 Å². The molecule has 4 aromatic rings. The van der Waals surface area contributed by atoms with Gasteiger partial charge in [-0.25, -0.2) is 4.98 Å². The quantitative estimate of drug-likeness (QED) is 0.536. The molecule has 0 fully saturated rings. The van der Waals surface area contributed by atoms with Crippen LogP contribution in [0.15, 0.2) is 58.1 Å². The van der Waals surface area contributed by atoms with E-state index in [-0.39, 0.29) is 0 Å². The predicted molar refractivity (Wildman–Crippen MR) is 91.4 cm³/mol. The minimum Gasteiger partial charge on any atom is -0.612 e. The Morgan fingerprint density at radius 1 is 1.08 bits per heavy atom. The second-order valence-corrected chi connectivity index (χ2v) is 6.77. The fourth-order valence-electron chi connectivity index (χ4n) is 2.56. The summed E-state index contributed by atoms with van der Waals surface area (Å²) in [5.41, 5.74) is 3.61. The molecule has 1 unspecified atom stereocenters. The third-order valence-electron chi connectivity index (χ3n) is 3.77. The number of benzene rings is 2. The number of fused-ring (bicyclic) bond motifs is 1. The molecule has 0 spiro atoms. The average molecular weight is 338 g/mol. The van der Waals surface area contributed by atoms with Crippen LogP contribution in [0.5, 0.6) is 0 Å². The van der Waals surface area contributed by atoms with Crippen molar-refractivity contribution in [1.29, 1.82) is 0 Å². The lowest BCUT2D eigenvalue weighted by Crippen LogP contribution is -1.98. The number of aryl methyl sites for hydroxylation is 1. The highest BCUT2D eigenvalue weighted by atomic mass is 32.2. The number of aromatic nitrogens is 4. The first-order chi connectivity index (χ1) is 11.6. The summed E-state index contributed by atoms with van der Waals surface area (Å²) >= 11 is -0.990. The van der Waals surface area contributed by atoms with Gasteiger partial charge < -0.3 is 8.97 Å². The summed E-state index contributed by atoms with van der Waals surface area (Å²) in [5, 5.41) is 7.93. The molecule has 0 aliphatic rings. The second kappa shape index (κ2) is 5.77. The van der Waals surface area contributed by atoms with E-state index in [1.54, 1.807) is 19.5 Å². The van der Waals surface area contributed by atoms with Crippen molar-refractivity contribution in [3.05, 3.63) is 54.7 Å². The van der Waals surface area contributed by atoms with Crippen molar-refractivity contribution in [1.82, 2.24) is 19.7 Å². The molecule has 6 nitrogen and oxygen atoms in total. The van der Waals surface area contributed by atoms with E-state index in [0.29, 0.717) is 11.8 Å². The molecule has 4 rings (SSSR count). The molecule has 0 saturated heterocycles. The van der Waals surface area contributed by atoms with Gasteiger partial charge in [-0.3, -0.25) is 4.57 Å². The van der Waals surface area contributed by atoms with Gasteiger partial charge in [-0.2, -0.15) is 0 Å². The van der Waals surface area contributed by atoms with Crippen molar-refractivity contribution >= 4 is 22.2 Å². The smallest absolute Gasteiger partial charge is 0.247 e. The largest absolute Gasteiger partial charge is 0.612 e. The van der Waals surface area contributed by atoms with Gasteiger partial charge in [0.15, 0.2) is 4.90 Å². The maximum absolute atomic E-state index is 11.5. The standard InChI is InChI=1S/C17H14N4O2S/c1-11-19-20-17(23-11)12-3-8-15-16(9-12)21(10-18-15)13-4-6-14(7-5-13)24(2)22/h3-10H,1-2H3. The fraction of sp³-hybridized carbons (Fsp3) is 0.118. The zero-order valence-electron chi connectivity index (χ0n) is 13.1. The van der Waals surface area contributed by atoms with Crippen LogP contribution in [0, 0.1) is 6.92 Å². The highest BCUT2D eigenvalue weighted by Gasteiger charge is 2.11. The number of hydrogen-bond donors (Lipinski definition) is 0. The first-order valence-electron chi connectivity index (χ1n) is 7.33. The Balaban J connectivity index is 1.81. The van der Waals surface area contributed by atoms with Gasteiger partial charge in [0.05, 0.1) is 11.0 Å². The van der Waals surface area contributed by atoms with Gasteiger partial charge in [0.1, 0.15) is 12.6 Å². The predicted octanol–water partition coefficient (Wildman–Crippen LogP) is 3.12. The van der Waals surface area contributed by atoms with Crippen molar-refractivity contribution in [2.45, 2.75) is 11.8 Å². The van der Waals surface area contributed by atoms with Crippen molar-refractivity contribution in [3.8, 4) is 17.1 Å². The minimum atomic E-state index is -0.990. The van der Waals surface area contributed by atoms with E-state index in [4.69, 9.17) is 4.42 Å². The van der Waals surface area contributed by atoms with Crippen molar-refractivity contribution < 1.29 is 8.97 Å². The lowest BCUT2D eigenvalue weighted by atomic mass is 10.2. The Bertz CT molecular complexity index is 1010. The number of hydrogen-bond acceptors (Lipinski definition) is 5. The first kappa shape index (κ1) is 14.9. The molecule has 0 radical (unpaired) electrons. The minimum absolute atomic E-state index is 0.485. The molecule has 0 saturated carbocycles. The molecule has 0 aliphatic carbocycles. The van der Waals surface area contributed by atoms with E-state index >= 15 is 0 Å². The van der Waals surface area contributed by atoms with E-state index in [1.807, 2.05) is 47.0 Å². The summed E-state index contributed by atoms with van der Waals surface area (Å²) < 4.78 is 19.0. The molecule has 0 aliphatic heterocycles. The van der Waals surface area contributed by atoms with E-state index < -0.39 is 11.2 Å². The lowest BCUT2D eigenvalue weighted by Gasteiger charge is -2.07. The van der Waals surface area contributed by atoms with Crippen LogP contribution in [0.25, 0.3) is 28.2 Å². The van der Waals surface area contributed by atoms with Crippen LogP contribution in [-0.2, 0) is 11.2 Å². The first-order valence-corrected chi connectivity index (χ1v) is 8.89. The van der Waals surface area contributed by atoms with Gasteiger partial charge in [0.2, 0.25) is 11.8 Å². The zero-order valence-corrected chi connectivity index (χ0v) is 13.9. The molecule has 1 atom stereocenters. The van der Waals surface area contributed by atoms with Gasteiger partial charge in [-0.05, 0) is 53.6 Å². The monoisotopic (exact) mass is 338 g/mol. The van der Waals surface area contributed by atoms with Crippen LogP contribution in [-0.4, -0.2) is 30.6 Å². The van der Waals surface area contributed by atoms with Crippen LogP contribution in [0.4, 0.5) is 0 Å². The molecule has 0 N–H and O–H groups in total. The van der Waals surface area contributed by atoms with Crippen molar-refractivity contribution in [3.63, 3.8) is 0 Å². The van der Waals surface area contributed by atoms with Crippen LogP contribution < -0.4 is 0 Å². The molecule has 24 heavy (non-hydrogen) atoms. The molecular weight excluding hydrogens is 324 g/mol. The summed E-state index contributed by atoms with van der Waals surface area (Å²) in [6.45, 7) is 1.76. The second-order valence-electron chi connectivity index (χ2n) is 5.39. The maximum atomic E-state index is 11.5. The van der Waals surface area contributed by atoms with Gasteiger partial charge >= 0.3 is 0 Å². The lowest BCUT2D eigenvalue weighted by molar-refractivity contribution is 0.533. The number of nitrogens with zero attached hydrogens (tertiary/aromatic N) is 4. The van der Waals surface area contributed by atoms with E-state index in [1.165, 1.54) is 0 Å². The van der Waals surface area contributed by atoms with Crippen molar-refractivity contribution in [2.75, 3.05) is 6.26 Å². The highest BCUT2D eigenvalue weighted by molar-refractivity contribution is 7.90. The number of rotatable bonds is 3. The molecular formula is C17H14N4O2S. The summed E-state index contributed by atoms with van der Waals surface area (Å²) in [6, 6.07) is 13.4. The molecule has 2 heterocycles. The zero-order chi connectivity index (χ0) is 16.7. The Hall–Kier alpha value is -2.64. The molecule has 2 aromatic heterocycles. The van der Waals surface area contributed by atoms with Crippen LogP contribution in [0.3, 0.4) is 0 Å². The Morgan fingerprint density at radius 2 is 1.88 bits per heavy atom. The van der Waals surface area contributed by atoms with E-state index in [2.05, 4.69) is 15.2 Å². The average Bonchev–Trinajstić information content (AvgIpc) is 3.20. The summed E-state index contributed by atoms with van der Waals surface area (Å²) in [4.78, 5) is 5.23. The van der Waals surface area contributed by atoms with Crippen molar-refractivity contribution in [2.24, 2.45) is 0 Å². The fourth-order valence-corrected chi connectivity index (χ4v) is 3.08. The number of imidazole rings is 1. The molecule has 0 amide bonds. The van der Waals surface area contributed by atoms with Gasteiger partial charge in [0.25, 0.3) is 0 Å². The molecule has 0 bridgehead atoms. The van der Waals surface area contributed by atoms with Crippen LogP contribution in [0.2, 0.25) is 0 Å². The van der Waals surface area contributed by atoms with Gasteiger partial charge in [-0.15, -0.1) is 10.2 Å². The molecule has 2 aromatic carbocycles. The summed E-state index contributed by atoms with van der Waals surface area (Å²) in [5.74, 6) is 1.01. The van der Waals surface area contributed by atoms with E-state index in [9.17, 15) is 4.55 Å². The summed E-state index contributed by atoms with van der Waals surface area (Å²) in [7, 11) is 0. The topological polar surface area (TPSA) is 79.8 Å². The Labute approximate surface area is 141 Å². The van der Waals surface area contributed by atoms with Gasteiger partial charge in [0, 0.05) is 18.2 Å². The summed E-state index contributed by atoms with van der Waals surface area (Å²) in [6.07, 6.45) is 3.44. The third kappa shape index (κ3) is 2.57. The van der Waals surface area contributed by atoms with E-state index in [0.717, 1.165) is 27.2 Å². The normalized spacial score (nSPS) is 12.6. The Morgan fingerprint density at radius 3 is 2.54 bits per heavy atom. The maximum Gasteiger partial charge on any atom is 0.247 e. The molecule has 120 valence electrons. The SMILES string of the molecule is Cc1nnc(-c2ccc3ncn(-c4ccc([S+](C)[O-])cc4)c3c2)o1. The van der Waals surface area contributed by atoms with Crippen LogP contribution in [0.1, 0.15) is 5.89 Å². The highest BCUT2D eigenvalue weighted by Crippen LogP contribution is 2.25. The molecule has 7 heteroatoms. The van der Waals surface area contributed by atoms with Crippen LogP contribution >= 0.6 is 0 Å².